The molecule has 0 spiro atoms. The van der Waals surface area contributed by atoms with Crippen LogP contribution in [0.2, 0.25) is 0 Å². The van der Waals surface area contributed by atoms with Gasteiger partial charge in [-0.15, -0.1) is 0 Å². The second-order valence-electron chi connectivity index (χ2n) is 2.61. The lowest BCUT2D eigenvalue weighted by Crippen LogP contribution is -2.25. The van der Waals surface area contributed by atoms with Gasteiger partial charge in [0, 0.05) is 0 Å². The molecule has 4 nitrogen and oxygen atoms in total. The van der Waals surface area contributed by atoms with Crippen molar-refractivity contribution in [1.29, 1.82) is 0 Å². The lowest BCUT2D eigenvalue weighted by atomic mass is 10.4. The molecule has 0 bridgehead atoms. The van der Waals surface area contributed by atoms with Crippen molar-refractivity contribution >= 4 is 0 Å². The number of imidazole rings is 1. The molecule has 4 heteroatoms. The predicted octanol–water partition coefficient (Wildman–Crippen LogP) is -1.33. The van der Waals surface area contributed by atoms with Crippen LogP contribution in [-0.2, 0) is 13.6 Å². The van der Waals surface area contributed by atoms with Crippen molar-refractivity contribution in [2.75, 3.05) is 6.61 Å². The van der Waals surface area contributed by atoms with Crippen LogP contribution in [0.5, 0.6) is 0 Å². The Morgan fingerprint density at radius 2 is 2.36 bits per heavy atom. The molecule has 0 aliphatic carbocycles. The zero-order valence-electron chi connectivity index (χ0n) is 6.51. The molecule has 1 atom stereocenters. The largest absolute Gasteiger partial charge is 0.394 e. The van der Waals surface area contributed by atoms with E-state index in [1.54, 1.807) is 0 Å². The first kappa shape index (κ1) is 8.23. The van der Waals surface area contributed by atoms with E-state index in [-0.39, 0.29) is 6.61 Å². The van der Waals surface area contributed by atoms with E-state index in [4.69, 9.17) is 10.2 Å². The van der Waals surface area contributed by atoms with Gasteiger partial charge in [-0.3, -0.25) is 0 Å². The zero-order valence-corrected chi connectivity index (χ0v) is 6.51. The second-order valence-corrected chi connectivity index (χ2v) is 2.61. The zero-order chi connectivity index (χ0) is 8.27. The first-order chi connectivity index (χ1) is 5.22. The molecule has 0 unspecified atom stereocenters. The van der Waals surface area contributed by atoms with Crippen LogP contribution >= 0.6 is 0 Å². The van der Waals surface area contributed by atoms with Gasteiger partial charge < -0.3 is 10.2 Å². The number of nitrogens with zero attached hydrogens (tertiary/aromatic N) is 2. The molecular weight excluding hydrogens is 144 g/mol. The Bertz CT molecular complexity index is 222. The van der Waals surface area contributed by atoms with Gasteiger partial charge in [0.25, 0.3) is 0 Å². The highest BCUT2D eigenvalue weighted by molar-refractivity contribution is 4.68. The second kappa shape index (κ2) is 3.50. The summed E-state index contributed by atoms with van der Waals surface area (Å²) >= 11 is 0. The molecule has 0 fully saturated rings. The maximum absolute atomic E-state index is 9.04. The van der Waals surface area contributed by atoms with Gasteiger partial charge >= 0.3 is 0 Å². The number of aliphatic hydroxyl groups is 2. The van der Waals surface area contributed by atoms with Crippen LogP contribution in [0.1, 0.15) is 0 Å². The molecule has 0 aromatic carbocycles. The molecule has 0 aliphatic rings. The van der Waals surface area contributed by atoms with E-state index in [1.807, 2.05) is 34.9 Å². The number of hydrogen-bond acceptors (Lipinski definition) is 2. The molecule has 11 heavy (non-hydrogen) atoms. The van der Waals surface area contributed by atoms with Crippen LogP contribution in [-0.4, -0.2) is 27.5 Å². The summed E-state index contributed by atoms with van der Waals surface area (Å²) in [6.45, 7) is 0.249. The van der Waals surface area contributed by atoms with E-state index in [0.29, 0.717) is 6.54 Å². The van der Waals surface area contributed by atoms with Gasteiger partial charge in [-0.1, -0.05) is 0 Å². The van der Waals surface area contributed by atoms with Crippen molar-refractivity contribution in [2.24, 2.45) is 7.05 Å². The minimum Gasteiger partial charge on any atom is -0.394 e. The van der Waals surface area contributed by atoms with Crippen LogP contribution in [0.15, 0.2) is 18.7 Å². The summed E-state index contributed by atoms with van der Waals surface area (Å²) in [6, 6.07) is 0. The van der Waals surface area contributed by atoms with E-state index >= 15 is 0 Å². The van der Waals surface area contributed by atoms with Gasteiger partial charge in [0.2, 0.25) is 6.33 Å². The van der Waals surface area contributed by atoms with Crippen LogP contribution in [0.3, 0.4) is 0 Å². The standard InChI is InChI=1S/C7H13N2O2/c1-8-2-3-9(6-8)4-7(11)5-10/h2-3,6-7,10-11H,4-5H2,1H3/q+1/t7-/m1/s1. The van der Waals surface area contributed by atoms with Crippen LogP contribution in [0.4, 0.5) is 0 Å². The molecule has 1 aromatic rings. The molecular formula is C7H13N2O2+. The van der Waals surface area contributed by atoms with Gasteiger partial charge in [-0.05, 0) is 0 Å². The van der Waals surface area contributed by atoms with Crippen molar-refractivity contribution in [2.45, 2.75) is 12.6 Å². The summed E-state index contributed by atoms with van der Waals surface area (Å²) < 4.78 is 3.70. The summed E-state index contributed by atoms with van der Waals surface area (Å²) in [5.41, 5.74) is 0. The van der Waals surface area contributed by atoms with Gasteiger partial charge in [-0.25, -0.2) is 9.13 Å². The third-order valence-corrected chi connectivity index (χ3v) is 1.46. The Kier molecular flexibility index (Phi) is 2.62. The monoisotopic (exact) mass is 157 g/mol. The van der Waals surface area contributed by atoms with Crippen LogP contribution in [0.25, 0.3) is 0 Å². The van der Waals surface area contributed by atoms with Crippen molar-refractivity contribution in [1.82, 2.24) is 4.57 Å². The van der Waals surface area contributed by atoms with Crippen LogP contribution < -0.4 is 4.57 Å². The predicted molar refractivity (Wildman–Crippen MR) is 38.7 cm³/mol. The van der Waals surface area contributed by atoms with E-state index in [2.05, 4.69) is 0 Å². The first-order valence-electron chi connectivity index (χ1n) is 3.52. The molecule has 0 radical (unpaired) electrons. The molecule has 0 amide bonds. The molecule has 2 N–H and O–H groups in total. The normalized spacial score (nSPS) is 13.4. The molecule has 62 valence electrons. The number of aliphatic hydroxyl groups excluding tert-OH is 2. The number of rotatable bonds is 3. The van der Waals surface area contributed by atoms with E-state index in [1.165, 1.54) is 0 Å². The lowest BCUT2D eigenvalue weighted by molar-refractivity contribution is -0.671. The average Bonchev–Trinajstić information content (AvgIpc) is 2.35. The number of hydrogen-bond donors (Lipinski definition) is 2. The summed E-state index contributed by atoms with van der Waals surface area (Å²) in [5.74, 6) is 0. The Morgan fingerprint density at radius 3 is 2.82 bits per heavy atom. The minimum atomic E-state index is -0.664. The highest BCUT2D eigenvalue weighted by Gasteiger charge is 2.06. The number of aryl methyl sites for hydroxylation is 1. The quantitative estimate of drug-likeness (QED) is 0.534. The highest BCUT2D eigenvalue weighted by Crippen LogP contribution is 1.88. The molecule has 0 saturated carbocycles. The molecule has 1 aromatic heterocycles. The van der Waals surface area contributed by atoms with Crippen molar-refractivity contribution in [3.63, 3.8) is 0 Å². The van der Waals surface area contributed by atoms with Crippen LogP contribution in [0, 0.1) is 0 Å². The maximum atomic E-state index is 9.04. The van der Waals surface area contributed by atoms with E-state index in [9.17, 15) is 0 Å². The van der Waals surface area contributed by atoms with Crippen molar-refractivity contribution in [3.8, 4) is 0 Å². The SMILES string of the molecule is C[n+]1ccn(C[C@@H](O)CO)c1. The summed E-state index contributed by atoms with van der Waals surface area (Å²) in [6.07, 6.45) is 4.91. The molecule has 1 rings (SSSR count). The molecule has 0 saturated heterocycles. The molecule has 1 heterocycles. The van der Waals surface area contributed by atoms with Gasteiger partial charge in [0.15, 0.2) is 0 Å². The summed E-state index contributed by atoms with van der Waals surface area (Å²) in [7, 11) is 1.90. The van der Waals surface area contributed by atoms with E-state index in [0.717, 1.165) is 0 Å². The first-order valence-corrected chi connectivity index (χ1v) is 3.52. The summed E-state index contributed by atoms with van der Waals surface area (Å²) in [5, 5.41) is 17.6. The van der Waals surface area contributed by atoms with E-state index < -0.39 is 6.10 Å². The Hall–Kier alpha value is -0.870. The third kappa shape index (κ3) is 2.32. The fourth-order valence-corrected chi connectivity index (χ4v) is 0.911. The van der Waals surface area contributed by atoms with Crippen molar-refractivity contribution in [3.05, 3.63) is 18.7 Å². The van der Waals surface area contributed by atoms with Gasteiger partial charge in [0.05, 0.1) is 13.7 Å². The Morgan fingerprint density at radius 1 is 1.64 bits per heavy atom. The van der Waals surface area contributed by atoms with Gasteiger partial charge in [0.1, 0.15) is 25.0 Å². The third-order valence-electron chi connectivity index (χ3n) is 1.46. The Labute approximate surface area is 65.3 Å². The fraction of sp³-hybridized carbons (Fsp3) is 0.571. The minimum absolute atomic E-state index is 0.193. The number of aromatic nitrogens is 2. The summed E-state index contributed by atoms with van der Waals surface area (Å²) in [4.78, 5) is 0. The van der Waals surface area contributed by atoms with Crippen molar-refractivity contribution < 1.29 is 14.8 Å². The topological polar surface area (TPSA) is 49.3 Å². The lowest BCUT2D eigenvalue weighted by Gasteiger charge is -2.01. The average molecular weight is 157 g/mol. The van der Waals surface area contributed by atoms with Gasteiger partial charge in [-0.2, -0.15) is 0 Å². The smallest absolute Gasteiger partial charge is 0.243 e. The fourth-order valence-electron chi connectivity index (χ4n) is 0.911. The Balaban J connectivity index is 2.50. The maximum Gasteiger partial charge on any atom is 0.243 e. The molecule has 0 aliphatic heterocycles. The highest BCUT2D eigenvalue weighted by atomic mass is 16.3.